The molecular formula is C19H22ClN3O4. The van der Waals surface area contributed by atoms with Gasteiger partial charge in [-0.25, -0.2) is 0 Å². The molecule has 144 valence electrons. The van der Waals surface area contributed by atoms with E-state index in [9.17, 15) is 9.59 Å². The molecule has 2 rings (SSSR count). The third-order valence-electron chi connectivity index (χ3n) is 3.76. The Kier molecular flexibility index (Phi) is 6.90. The fourth-order valence-corrected chi connectivity index (χ4v) is 2.60. The molecular weight excluding hydrogens is 370 g/mol. The highest BCUT2D eigenvalue weighted by molar-refractivity contribution is 6.32. The Hall–Kier alpha value is -2.93. The number of primary amides is 1. The van der Waals surface area contributed by atoms with E-state index in [0.29, 0.717) is 12.1 Å². The normalized spacial score (nSPS) is 10.2. The van der Waals surface area contributed by atoms with E-state index in [-0.39, 0.29) is 29.0 Å². The summed E-state index contributed by atoms with van der Waals surface area (Å²) in [4.78, 5) is 25.3. The van der Waals surface area contributed by atoms with Crippen LogP contribution in [-0.4, -0.2) is 39.6 Å². The minimum absolute atomic E-state index is 0.149. The highest BCUT2D eigenvalue weighted by Crippen LogP contribution is 2.36. The molecule has 0 saturated heterocycles. The molecule has 0 aromatic heterocycles. The van der Waals surface area contributed by atoms with Gasteiger partial charge in [0.2, 0.25) is 0 Å². The van der Waals surface area contributed by atoms with Crippen LogP contribution in [0.25, 0.3) is 0 Å². The number of hydrogen-bond acceptors (Lipinski definition) is 5. The Morgan fingerprint density at radius 3 is 2.41 bits per heavy atom. The van der Waals surface area contributed by atoms with Gasteiger partial charge in [-0.15, -0.1) is 0 Å². The molecule has 0 aliphatic carbocycles. The van der Waals surface area contributed by atoms with Gasteiger partial charge >= 0.3 is 0 Å². The molecule has 3 N–H and O–H groups in total. The van der Waals surface area contributed by atoms with E-state index in [1.165, 1.54) is 19.2 Å². The van der Waals surface area contributed by atoms with Crippen molar-refractivity contribution in [2.24, 2.45) is 5.73 Å². The molecule has 2 aromatic carbocycles. The minimum Gasteiger partial charge on any atom is -0.493 e. The maximum Gasteiger partial charge on any atom is 0.255 e. The number of ether oxygens (including phenoxy) is 2. The summed E-state index contributed by atoms with van der Waals surface area (Å²) in [7, 11) is 5.34. The fourth-order valence-electron chi connectivity index (χ4n) is 2.33. The third-order valence-corrected chi connectivity index (χ3v) is 4.04. The lowest BCUT2D eigenvalue weighted by Gasteiger charge is -2.14. The van der Waals surface area contributed by atoms with E-state index in [1.807, 2.05) is 43.3 Å². The number of nitrogens with two attached hydrogens (primary N) is 1. The molecule has 27 heavy (non-hydrogen) atoms. The second-order valence-corrected chi connectivity index (χ2v) is 6.40. The summed E-state index contributed by atoms with van der Waals surface area (Å²) in [5, 5.41) is 2.98. The second-order valence-electron chi connectivity index (χ2n) is 5.99. The van der Waals surface area contributed by atoms with Gasteiger partial charge in [-0.1, -0.05) is 23.7 Å². The molecule has 8 heteroatoms. The van der Waals surface area contributed by atoms with Crippen molar-refractivity contribution in [1.82, 2.24) is 5.32 Å². The van der Waals surface area contributed by atoms with Gasteiger partial charge < -0.3 is 25.4 Å². The van der Waals surface area contributed by atoms with Gasteiger partial charge in [-0.2, -0.15) is 0 Å². The Morgan fingerprint density at radius 2 is 1.85 bits per heavy atom. The zero-order valence-corrected chi connectivity index (χ0v) is 16.2. The third kappa shape index (κ3) is 5.52. The predicted octanol–water partition coefficient (Wildman–Crippen LogP) is 2.21. The van der Waals surface area contributed by atoms with Crippen LogP contribution in [0.2, 0.25) is 5.02 Å². The van der Waals surface area contributed by atoms with E-state index in [0.717, 1.165) is 11.3 Å². The van der Waals surface area contributed by atoms with Crippen LogP contribution in [-0.2, 0) is 11.3 Å². The number of nitrogens with zero attached hydrogens (tertiary/aromatic N) is 1. The largest absolute Gasteiger partial charge is 0.493 e. The number of anilines is 1. The molecule has 0 bridgehead atoms. The summed E-state index contributed by atoms with van der Waals surface area (Å²) in [6, 6.07) is 10.8. The summed E-state index contributed by atoms with van der Waals surface area (Å²) in [6.07, 6.45) is 0. The Morgan fingerprint density at radius 1 is 1.19 bits per heavy atom. The molecule has 0 heterocycles. The van der Waals surface area contributed by atoms with Gasteiger partial charge in [-0.3, -0.25) is 9.59 Å². The molecule has 0 radical (unpaired) electrons. The van der Waals surface area contributed by atoms with Crippen LogP contribution in [0.4, 0.5) is 5.69 Å². The molecule has 0 atom stereocenters. The molecule has 0 saturated carbocycles. The van der Waals surface area contributed by atoms with Crippen LogP contribution in [0.15, 0.2) is 36.4 Å². The first-order valence-corrected chi connectivity index (χ1v) is 8.52. The van der Waals surface area contributed by atoms with E-state index in [2.05, 4.69) is 5.32 Å². The second kappa shape index (κ2) is 9.14. The summed E-state index contributed by atoms with van der Waals surface area (Å²) in [5.41, 5.74) is 7.42. The lowest BCUT2D eigenvalue weighted by molar-refractivity contribution is -0.119. The standard InChI is InChI=1S/C19H22ClN3O4/c1-23(2)14-6-4-12(5-7-14)10-22-19(25)13-8-15(20)18(16(9-13)26-3)27-11-17(21)24/h4-9H,10-11H2,1-3H3,(H2,21,24)(H,22,25). The smallest absolute Gasteiger partial charge is 0.255 e. The van der Waals surface area contributed by atoms with E-state index in [4.69, 9.17) is 26.8 Å². The topological polar surface area (TPSA) is 93.9 Å². The first-order valence-electron chi connectivity index (χ1n) is 8.15. The quantitative estimate of drug-likeness (QED) is 0.719. The Labute approximate surface area is 163 Å². The van der Waals surface area contributed by atoms with Crippen molar-refractivity contribution in [3.8, 4) is 11.5 Å². The van der Waals surface area contributed by atoms with Crippen molar-refractivity contribution in [1.29, 1.82) is 0 Å². The number of nitrogens with one attached hydrogen (secondary N) is 1. The molecule has 0 fully saturated rings. The van der Waals surface area contributed by atoms with Gasteiger partial charge in [-0.05, 0) is 29.8 Å². The lowest BCUT2D eigenvalue weighted by Crippen LogP contribution is -2.23. The summed E-state index contributed by atoms with van der Waals surface area (Å²) >= 11 is 6.16. The number of hydrogen-bond donors (Lipinski definition) is 2. The number of carbonyl (C=O) groups excluding carboxylic acids is 2. The first kappa shape index (κ1) is 20.4. The predicted molar refractivity (Wildman–Crippen MR) is 105 cm³/mol. The zero-order chi connectivity index (χ0) is 20.0. The first-order chi connectivity index (χ1) is 12.8. The highest BCUT2D eigenvalue weighted by Gasteiger charge is 2.16. The average Bonchev–Trinajstić information content (AvgIpc) is 2.64. The van der Waals surface area contributed by atoms with Crippen molar-refractivity contribution in [2.75, 3.05) is 32.7 Å². The van der Waals surface area contributed by atoms with Crippen LogP contribution < -0.4 is 25.4 Å². The van der Waals surface area contributed by atoms with Gasteiger partial charge in [0.15, 0.2) is 18.1 Å². The number of benzene rings is 2. The number of halogens is 1. The number of rotatable bonds is 8. The average molecular weight is 392 g/mol. The summed E-state index contributed by atoms with van der Waals surface area (Å²) in [5.74, 6) is -0.554. The van der Waals surface area contributed by atoms with E-state index in [1.54, 1.807) is 0 Å². The van der Waals surface area contributed by atoms with Crippen molar-refractivity contribution in [3.05, 3.63) is 52.5 Å². The maximum absolute atomic E-state index is 12.4. The lowest BCUT2D eigenvalue weighted by atomic mass is 10.1. The summed E-state index contributed by atoms with van der Waals surface area (Å²) < 4.78 is 10.4. The van der Waals surface area contributed by atoms with Crippen molar-refractivity contribution < 1.29 is 19.1 Å². The molecule has 2 amide bonds. The summed E-state index contributed by atoms with van der Waals surface area (Å²) in [6.45, 7) is 0.0248. The number of methoxy groups -OCH3 is 1. The fraction of sp³-hybridized carbons (Fsp3) is 0.263. The van der Waals surface area contributed by atoms with Crippen LogP contribution in [0.1, 0.15) is 15.9 Å². The van der Waals surface area contributed by atoms with Crippen molar-refractivity contribution in [2.45, 2.75) is 6.54 Å². The van der Waals surface area contributed by atoms with Gasteiger partial charge in [0.05, 0.1) is 12.1 Å². The molecule has 0 spiro atoms. The molecule has 2 aromatic rings. The maximum atomic E-state index is 12.4. The van der Waals surface area contributed by atoms with Crippen LogP contribution in [0.3, 0.4) is 0 Å². The van der Waals surface area contributed by atoms with Gasteiger partial charge in [0.25, 0.3) is 11.8 Å². The molecule has 7 nitrogen and oxygen atoms in total. The van der Waals surface area contributed by atoms with E-state index < -0.39 is 5.91 Å². The van der Waals surface area contributed by atoms with Gasteiger partial charge in [0.1, 0.15) is 0 Å². The zero-order valence-electron chi connectivity index (χ0n) is 15.4. The molecule has 0 aliphatic heterocycles. The Bertz CT molecular complexity index is 822. The Balaban J connectivity index is 2.09. The van der Waals surface area contributed by atoms with Crippen LogP contribution >= 0.6 is 11.6 Å². The minimum atomic E-state index is -0.643. The SMILES string of the molecule is COc1cc(C(=O)NCc2ccc(N(C)C)cc2)cc(Cl)c1OCC(N)=O. The molecule has 0 aliphatic rings. The monoisotopic (exact) mass is 391 g/mol. The van der Waals surface area contributed by atoms with E-state index >= 15 is 0 Å². The molecule has 0 unspecified atom stereocenters. The highest BCUT2D eigenvalue weighted by atomic mass is 35.5. The van der Waals surface area contributed by atoms with Gasteiger partial charge in [0, 0.05) is 31.9 Å². The number of carbonyl (C=O) groups is 2. The number of amides is 2. The van der Waals surface area contributed by atoms with Crippen molar-refractivity contribution in [3.63, 3.8) is 0 Å². The van der Waals surface area contributed by atoms with Crippen molar-refractivity contribution >= 4 is 29.1 Å². The van der Waals surface area contributed by atoms with Crippen LogP contribution in [0.5, 0.6) is 11.5 Å². The van der Waals surface area contributed by atoms with Crippen LogP contribution in [0, 0.1) is 0 Å².